The fourth-order valence-electron chi connectivity index (χ4n) is 1.97. The molecule has 0 radical (unpaired) electrons. The van der Waals surface area contributed by atoms with E-state index >= 15 is 0 Å². The monoisotopic (exact) mass is 282 g/mol. The zero-order valence-corrected chi connectivity index (χ0v) is 12.2. The molecule has 0 fully saturated rings. The maximum absolute atomic E-state index is 12.1. The predicted octanol–water partition coefficient (Wildman–Crippen LogP) is 2.99. The van der Waals surface area contributed by atoms with Gasteiger partial charge in [0.05, 0.1) is 0 Å². The Balaban J connectivity index is 2.08. The van der Waals surface area contributed by atoms with Crippen LogP contribution in [0.15, 0.2) is 54.6 Å². The Morgan fingerprint density at radius 1 is 1.00 bits per heavy atom. The number of hydrogen-bond acceptors (Lipinski definition) is 2. The van der Waals surface area contributed by atoms with Crippen LogP contribution in [0.1, 0.15) is 12.5 Å². The number of carbonyl (C=O) groups excluding carboxylic acids is 2. The molecule has 0 spiro atoms. The second-order valence-electron chi connectivity index (χ2n) is 4.85. The highest BCUT2D eigenvalue weighted by atomic mass is 16.2. The standard InChI is InChI=1S/C17H18N2O2/c1-13-8-10-16(11-9-13)19(14(2)20)12-17(21)18-15-6-4-3-5-7-15/h3-11H,12H2,1-2H3,(H,18,21). The molecule has 0 saturated carbocycles. The first-order valence-electron chi connectivity index (χ1n) is 6.76. The van der Waals surface area contributed by atoms with Gasteiger partial charge in [-0.3, -0.25) is 9.59 Å². The second kappa shape index (κ2) is 6.70. The molecule has 0 aliphatic rings. The van der Waals surface area contributed by atoms with Crippen molar-refractivity contribution in [3.63, 3.8) is 0 Å². The third kappa shape index (κ3) is 4.18. The molecule has 0 bridgehead atoms. The summed E-state index contributed by atoms with van der Waals surface area (Å²) in [6.45, 7) is 3.42. The molecule has 0 heterocycles. The number of para-hydroxylation sites is 1. The van der Waals surface area contributed by atoms with E-state index in [2.05, 4.69) is 5.32 Å². The molecule has 2 aromatic rings. The van der Waals surface area contributed by atoms with E-state index in [4.69, 9.17) is 0 Å². The molecule has 108 valence electrons. The predicted molar refractivity (Wildman–Crippen MR) is 84.3 cm³/mol. The van der Waals surface area contributed by atoms with Gasteiger partial charge in [-0.15, -0.1) is 0 Å². The minimum Gasteiger partial charge on any atom is -0.325 e. The Morgan fingerprint density at radius 3 is 2.19 bits per heavy atom. The van der Waals surface area contributed by atoms with Gasteiger partial charge in [0.25, 0.3) is 0 Å². The molecule has 0 unspecified atom stereocenters. The van der Waals surface area contributed by atoms with Gasteiger partial charge in [-0.1, -0.05) is 35.9 Å². The van der Waals surface area contributed by atoms with Gasteiger partial charge >= 0.3 is 0 Å². The van der Waals surface area contributed by atoms with E-state index < -0.39 is 0 Å². The molecule has 2 aromatic carbocycles. The van der Waals surface area contributed by atoms with Gasteiger partial charge in [0.1, 0.15) is 6.54 Å². The molecule has 0 aliphatic carbocycles. The molecule has 0 saturated heterocycles. The zero-order chi connectivity index (χ0) is 15.2. The van der Waals surface area contributed by atoms with Crippen molar-refractivity contribution in [1.82, 2.24) is 0 Å². The lowest BCUT2D eigenvalue weighted by Gasteiger charge is -2.20. The summed E-state index contributed by atoms with van der Waals surface area (Å²) in [4.78, 5) is 25.3. The first-order chi connectivity index (χ1) is 10.1. The number of hydrogen-bond donors (Lipinski definition) is 1. The first kappa shape index (κ1) is 14.8. The highest BCUT2D eigenvalue weighted by Crippen LogP contribution is 2.15. The lowest BCUT2D eigenvalue weighted by Crippen LogP contribution is -2.36. The van der Waals surface area contributed by atoms with Crippen molar-refractivity contribution >= 4 is 23.2 Å². The maximum atomic E-state index is 12.1. The van der Waals surface area contributed by atoms with Crippen LogP contribution in [0.2, 0.25) is 0 Å². The van der Waals surface area contributed by atoms with Crippen molar-refractivity contribution < 1.29 is 9.59 Å². The van der Waals surface area contributed by atoms with Crippen molar-refractivity contribution in [1.29, 1.82) is 0 Å². The molecule has 0 aliphatic heterocycles. The van der Waals surface area contributed by atoms with Crippen LogP contribution in [-0.4, -0.2) is 18.4 Å². The largest absolute Gasteiger partial charge is 0.325 e. The molecule has 4 heteroatoms. The van der Waals surface area contributed by atoms with Crippen molar-refractivity contribution in [2.24, 2.45) is 0 Å². The zero-order valence-electron chi connectivity index (χ0n) is 12.2. The summed E-state index contributed by atoms with van der Waals surface area (Å²) in [6, 6.07) is 16.7. The lowest BCUT2D eigenvalue weighted by atomic mass is 10.2. The van der Waals surface area contributed by atoms with Crippen LogP contribution in [0, 0.1) is 6.92 Å². The van der Waals surface area contributed by atoms with E-state index in [-0.39, 0.29) is 18.4 Å². The van der Waals surface area contributed by atoms with Gasteiger partial charge < -0.3 is 10.2 Å². The number of benzene rings is 2. The van der Waals surface area contributed by atoms with Gasteiger partial charge in [-0.05, 0) is 31.2 Å². The van der Waals surface area contributed by atoms with Gasteiger partial charge in [-0.2, -0.15) is 0 Å². The molecule has 0 aromatic heterocycles. The number of anilines is 2. The highest BCUT2D eigenvalue weighted by Gasteiger charge is 2.15. The Morgan fingerprint density at radius 2 is 1.62 bits per heavy atom. The normalized spacial score (nSPS) is 10.0. The van der Waals surface area contributed by atoms with Crippen LogP contribution in [0.25, 0.3) is 0 Å². The topological polar surface area (TPSA) is 49.4 Å². The van der Waals surface area contributed by atoms with Crippen LogP contribution >= 0.6 is 0 Å². The third-order valence-corrected chi connectivity index (χ3v) is 3.09. The molecular weight excluding hydrogens is 264 g/mol. The maximum Gasteiger partial charge on any atom is 0.244 e. The van der Waals surface area contributed by atoms with Crippen LogP contribution < -0.4 is 10.2 Å². The Kier molecular flexibility index (Phi) is 4.72. The van der Waals surface area contributed by atoms with Crippen LogP contribution in [0.4, 0.5) is 11.4 Å². The van der Waals surface area contributed by atoms with E-state index in [0.717, 1.165) is 16.9 Å². The van der Waals surface area contributed by atoms with Crippen molar-refractivity contribution in [2.45, 2.75) is 13.8 Å². The Hall–Kier alpha value is -2.62. The highest BCUT2D eigenvalue weighted by molar-refractivity contribution is 6.01. The fourth-order valence-corrected chi connectivity index (χ4v) is 1.97. The molecule has 2 rings (SSSR count). The van der Waals surface area contributed by atoms with Gasteiger partial charge in [0, 0.05) is 18.3 Å². The van der Waals surface area contributed by atoms with E-state index in [1.807, 2.05) is 61.5 Å². The van der Waals surface area contributed by atoms with Crippen molar-refractivity contribution in [3.05, 3.63) is 60.2 Å². The van der Waals surface area contributed by atoms with Gasteiger partial charge in [-0.25, -0.2) is 0 Å². The van der Waals surface area contributed by atoms with E-state index in [0.29, 0.717) is 0 Å². The second-order valence-corrected chi connectivity index (χ2v) is 4.85. The number of amides is 2. The number of nitrogens with one attached hydrogen (secondary N) is 1. The summed E-state index contributed by atoms with van der Waals surface area (Å²) in [7, 11) is 0. The SMILES string of the molecule is CC(=O)N(CC(=O)Nc1ccccc1)c1ccc(C)cc1. The van der Waals surface area contributed by atoms with Crippen LogP contribution in [0.5, 0.6) is 0 Å². The van der Waals surface area contributed by atoms with E-state index in [1.165, 1.54) is 11.8 Å². The number of nitrogens with zero attached hydrogens (tertiary/aromatic N) is 1. The quantitative estimate of drug-likeness (QED) is 0.937. The smallest absolute Gasteiger partial charge is 0.244 e. The molecule has 2 amide bonds. The minimum atomic E-state index is -0.225. The fraction of sp³-hybridized carbons (Fsp3) is 0.176. The van der Waals surface area contributed by atoms with E-state index in [1.54, 1.807) is 0 Å². The Labute approximate surface area is 124 Å². The summed E-state index contributed by atoms with van der Waals surface area (Å²) < 4.78 is 0. The molecule has 0 atom stereocenters. The number of aryl methyl sites for hydroxylation is 1. The molecule has 4 nitrogen and oxygen atoms in total. The van der Waals surface area contributed by atoms with Gasteiger partial charge in [0.15, 0.2) is 0 Å². The summed E-state index contributed by atoms with van der Waals surface area (Å²) in [5.74, 6) is -0.390. The van der Waals surface area contributed by atoms with Crippen molar-refractivity contribution in [3.8, 4) is 0 Å². The third-order valence-electron chi connectivity index (χ3n) is 3.09. The molecular formula is C17H18N2O2. The number of rotatable bonds is 4. The van der Waals surface area contributed by atoms with E-state index in [9.17, 15) is 9.59 Å². The summed E-state index contributed by atoms with van der Waals surface area (Å²) >= 11 is 0. The van der Waals surface area contributed by atoms with Crippen LogP contribution in [0.3, 0.4) is 0 Å². The molecule has 21 heavy (non-hydrogen) atoms. The van der Waals surface area contributed by atoms with Gasteiger partial charge in [0.2, 0.25) is 11.8 Å². The molecule has 1 N–H and O–H groups in total. The average molecular weight is 282 g/mol. The minimum absolute atomic E-state index is 0.00666. The first-order valence-corrected chi connectivity index (χ1v) is 6.76. The van der Waals surface area contributed by atoms with Crippen LogP contribution in [-0.2, 0) is 9.59 Å². The summed E-state index contributed by atoms with van der Waals surface area (Å²) in [5.41, 5.74) is 2.54. The average Bonchev–Trinajstić information content (AvgIpc) is 2.47. The summed E-state index contributed by atoms with van der Waals surface area (Å²) in [5, 5.41) is 2.78. The summed E-state index contributed by atoms with van der Waals surface area (Å²) in [6.07, 6.45) is 0. The van der Waals surface area contributed by atoms with Crippen molar-refractivity contribution in [2.75, 3.05) is 16.8 Å². The Bertz CT molecular complexity index is 621. The lowest BCUT2D eigenvalue weighted by molar-refractivity contribution is -0.120. The number of carbonyl (C=O) groups is 2.